The topological polar surface area (TPSA) is 89.8 Å². The summed E-state index contributed by atoms with van der Waals surface area (Å²) in [4.78, 5) is 22.3. The van der Waals surface area contributed by atoms with Crippen molar-refractivity contribution in [3.8, 4) is 5.75 Å². The number of carbonyl (C=O) groups excluding carboxylic acids is 1. The van der Waals surface area contributed by atoms with Crippen LogP contribution in [0.3, 0.4) is 0 Å². The molecule has 35 heavy (non-hydrogen) atoms. The monoisotopic (exact) mass is 501 g/mol. The highest BCUT2D eigenvalue weighted by molar-refractivity contribution is 6.20. The molecule has 0 fully saturated rings. The lowest BCUT2D eigenvalue weighted by Gasteiger charge is -2.29. The van der Waals surface area contributed by atoms with Crippen LogP contribution in [0.2, 0.25) is 0 Å². The molecule has 5 rings (SSSR count). The molecular formula is C24H22ClF2N5O3. The molecule has 0 radical (unpaired) electrons. The number of alkyl halides is 3. The van der Waals surface area contributed by atoms with Gasteiger partial charge in [-0.2, -0.15) is 0 Å². The number of imidazole rings is 1. The van der Waals surface area contributed by atoms with Gasteiger partial charge in [0.2, 0.25) is 0 Å². The van der Waals surface area contributed by atoms with Crippen LogP contribution in [-0.4, -0.2) is 40.2 Å². The van der Waals surface area contributed by atoms with Gasteiger partial charge in [-0.05, 0) is 49.7 Å². The number of aromatic nitrogens is 2. The summed E-state index contributed by atoms with van der Waals surface area (Å²) in [5, 5.41) is 5.79. The average molecular weight is 502 g/mol. The van der Waals surface area contributed by atoms with Gasteiger partial charge in [-0.1, -0.05) is 6.92 Å². The van der Waals surface area contributed by atoms with Gasteiger partial charge in [0.15, 0.2) is 6.23 Å². The zero-order chi connectivity index (χ0) is 24.7. The Kier molecular flexibility index (Phi) is 5.94. The lowest BCUT2D eigenvalue weighted by atomic mass is 9.98. The number of carbonyl (C=O) groups is 1. The van der Waals surface area contributed by atoms with E-state index in [-0.39, 0.29) is 17.7 Å². The van der Waals surface area contributed by atoms with E-state index in [0.717, 1.165) is 28.9 Å². The Morgan fingerprint density at radius 1 is 1.34 bits per heavy atom. The smallest absolute Gasteiger partial charge is 0.420 e. The molecule has 182 valence electrons. The normalized spacial score (nSPS) is 19.3. The molecule has 3 heterocycles. The number of fused-ring (bicyclic) bond motifs is 2. The summed E-state index contributed by atoms with van der Waals surface area (Å²) in [6, 6.07) is 9.10. The minimum atomic E-state index is -3.81. The summed E-state index contributed by atoms with van der Waals surface area (Å²) in [5.74, 6) is 0.314. The van der Waals surface area contributed by atoms with Gasteiger partial charge in [-0.15, -0.1) is 8.78 Å². The summed E-state index contributed by atoms with van der Waals surface area (Å²) >= 11 is 4.79. The van der Waals surface area contributed by atoms with Crippen LogP contribution in [0.15, 0.2) is 47.6 Å². The molecule has 2 aromatic carbocycles. The first-order chi connectivity index (χ1) is 16.7. The maximum absolute atomic E-state index is 13.2. The van der Waals surface area contributed by atoms with Crippen molar-refractivity contribution in [2.75, 3.05) is 11.9 Å². The van der Waals surface area contributed by atoms with Crippen LogP contribution >= 0.6 is 11.6 Å². The van der Waals surface area contributed by atoms with Gasteiger partial charge in [0.25, 0.3) is 5.91 Å². The highest BCUT2D eigenvalue weighted by Gasteiger charge is 2.30. The van der Waals surface area contributed by atoms with Gasteiger partial charge in [0.1, 0.15) is 11.6 Å². The van der Waals surface area contributed by atoms with Crippen molar-refractivity contribution < 1.29 is 23.0 Å². The second kappa shape index (κ2) is 8.94. The molecule has 0 saturated heterocycles. The van der Waals surface area contributed by atoms with E-state index < -0.39 is 11.8 Å². The third-order valence-corrected chi connectivity index (χ3v) is 6.03. The number of hydrogen-bond donors (Lipinski definition) is 2. The maximum atomic E-state index is 13.2. The van der Waals surface area contributed by atoms with Crippen LogP contribution in [0.4, 0.5) is 14.5 Å². The standard InChI is InChI=1S/C24H22ClF2N5O3/c1-3-16-11-34-23-19(10-28-12-29-23)18-8-14(9-20-21(18)32(16)13(2)30-20)22(33)31-15-4-6-17(7-5-15)35-24(25,26)27/h4-10,12,16,23H,3,11H2,1-2H3,(H,28,29)(H,31,33). The third kappa shape index (κ3) is 4.59. The van der Waals surface area contributed by atoms with Crippen molar-refractivity contribution in [3.63, 3.8) is 0 Å². The number of nitrogens with zero attached hydrogens (tertiary/aromatic N) is 3. The lowest BCUT2D eigenvalue weighted by Crippen LogP contribution is -2.28. The van der Waals surface area contributed by atoms with Crippen molar-refractivity contribution >= 4 is 46.1 Å². The Labute approximate surface area is 204 Å². The van der Waals surface area contributed by atoms with E-state index in [2.05, 4.69) is 31.9 Å². The van der Waals surface area contributed by atoms with Crippen LogP contribution in [-0.2, 0) is 4.74 Å². The van der Waals surface area contributed by atoms with Crippen LogP contribution in [0.1, 0.15) is 41.1 Å². The Morgan fingerprint density at radius 3 is 2.83 bits per heavy atom. The van der Waals surface area contributed by atoms with Gasteiger partial charge < -0.3 is 24.7 Å². The molecule has 11 heteroatoms. The van der Waals surface area contributed by atoms with E-state index in [1.165, 1.54) is 24.3 Å². The molecule has 2 aliphatic heterocycles. The fourth-order valence-corrected chi connectivity index (χ4v) is 4.49. The van der Waals surface area contributed by atoms with Gasteiger partial charge in [0.05, 0.1) is 30.0 Å². The fourth-order valence-electron chi connectivity index (χ4n) is 4.40. The van der Waals surface area contributed by atoms with E-state index in [0.29, 0.717) is 23.4 Å². The number of nitrogens with one attached hydrogen (secondary N) is 2. The first kappa shape index (κ1) is 23.3. The number of aliphatic imine (C=N–C) groups is 1. The van der Waals surface area contributed by atoms with E-state index >= 15 is 0 Å². The minimum absolute atomic E-state index is 0.0751. The van der Waals surface area contributed by atoms with E-state index in [4.69, 9.17) is 21.3 Å². The Balaban J connectivity index is 1.53. The molecule has 1 aromatic heterocycles. The second-order valence-electron chi connectivity index (χ2n) is 8.24. The predicted molar refractivity (Wildman–Crippen MR) is 129 cm³/mol. The molecule has 2 atom stereocenters. The fraction of sp³-hybridized carbons (Fsp3) is 0.292. The number of aryl methyl sites for hydroxylation is 1. The first-order valence-corrected chi connectivity index (χ1v) is 11.4. The number of ether oxygens (including phenoxy) is 2. The molecular weight excluding hydrogens is 480 g/mol. The molecule has 8 nitrogen and oxygen atoms in total. The summed E-state index contributed by atoms with van der Waals surface area (Å²) in [6.45, 7) is 4.51. The molecule has 1 amide bonds. The van der Waals surface area contributed by atoms with E-state index in [1.807, 2.05) is 13.1 Å². The van der Waals surface area contributed by atoms with Crippen LogP contribution in [0.5, 0.6) is 5.75 Å². The number of hydrogen-bond acceptors (Lipinski definition) is 6. The largest absolute Gasteiger partial charge is 0.487 e. The number of anilines is 1. The average Bonchev–Trinajstić information content (AvgIpc) is 3.14. The van der Waals surface area contributed by atoms with Crippen molar-refractivity contribution in [1.29, 1.82) is 0 Å². The molecule has 3 aromatic rings. The van der Waals surface area contributed by atoms with Gasteiger partial charge >= 0.3 is 5.57 Å². The molecule has 2 N–H and O–H groups in total. The predicted octanol–water partition coefficient (Wildman–Crippen LogP) is 5.04. The van der Waals surface area contributed by atoms with Crippen LogP contribution in [0.25, 0.3) is 16.6 Å². The number of amides is 1. The Bertz CT molecular complexity index is 1350. The third-order valence-electron chi connectivity index (χ3n) is 5.95. The van der Waals surface area contributed by atoms with Gasteiger partial charge in [-0.3, -0.25) is 4.79 Å². The maximum Gasteiger partial charge on any atom is 0.487 e. The number of benzene rings is 2. The molecule has 2 aliphatic rings. The van der Waals surface area contributed by atoms with Crippen LogP contribution in [0, 0.1) is 6.92 Å². The van der Waals surface area contributed by atoms with E-state index in [1.54, 1.807) is 18.5 Å². The molecule has 0 bridgehead atoms. The Morgan fingerprint density at radius 2 is 2.11 bits per heavy atom. The zero-order valence-corrected chi connectivity index (χ0v) is 19.6. The summed E-state index contributed by atoms with van der Waals surface area (Å²) in [7, 11) is 0. The molecule has 0 spiro atoms. The quantitative estimate of drug-likeness (QED) is 0.478. The van der Waals surface area contributed by atoms with Gasteiger partial charge in [-0.25, -0.2) is 9.98 Å². The van der Waals surface area contributed by atoms with E-state index in [9.17, 15) is 13.6 Å². The molecule has 2 unspecified atom stereocenters. The SMILES string of the molecule is CCC1COC2N=CNC=C2c2cc(C(=O)Nc3ccc(OC(F)(F)Cl)cc3)cc3nc(C)n1c23. The Hall–Kier alpha value is -3.50. The molecule has 0 aliphatic carbocycles. The van der Waals surface area contributed by atoms with Crippen molar-refractivity contribution in [2.24, 2.45) is 4.99 Å². The van der Waals surface area contributed by atoms with Crippen molar-refractivity contribution in [1.82, 2.24) is 14.9 Å². The highest BCUT2D eigenvalue weighted by atomic mass is 35.5. The van der Waals surface area contributed by atoms with Crippen LogP contribution < -0.4 is 15.4 Å². The highest BCUT2D eigenvalue weighted by Crippen LogP contribution is 2.37. The van der Waals surface area contributed by atoms with Gasteiger partial charge in [0, 0.05) is 40.2 Å². The summed E-state index contributed by atoms with van der Waals surface area (Å²) in [6.07, 6.45) is 3.75. The zero-order valence-electron chi connectivity index (χ0n) is 18.9. The summed E-state index contributed by atoms with van der Waals surface area (Å²) < 4.78 is 38.2. The minimum Gasteiger partial charge on any atom is -0.420 e. The summed E-state index contributed by atoms with van der Waals surface area (Å²) in [5.41, 5.74) is 0.180. The first-order valence-electron chi connectivity index (χ1n) is 11.0. The lowest BCUT2D eigenvalue weighted by molar-refractivity contribution is -0.0964. The second-order valence-corrected chi connectivity index (χ2v) is 8.68. The number of halogens is 3. The molecule has 0 saturated carbocycles. The van der Waals surface area contributed by atoms with Crippen molar-refractivity contribution in [2.45, 2.75) is 38.1 Å². The number of rotatable bonds is 5. The van der Waals surface area contributed by atoms with Crippen molar-refractivity contribution in [3.05, 3.63) is 59.5 Å².